The number of nitrogens with one attached hydrogen (secondary N) is 1. The van der Waals surface area contributed by atoms with Gasteiger partial charge in [0.25, 0.3) is 5.91 Å². The minimum Gasteiger partial charge on any atom is -0.378 e. The van der Waals surface area contributed by atoms with Crippen molar-refractivity contribution in [2.24, 2.45) is 0 Å². The molecule has 1 amide bonds. The third kappa shape index (κ3) is 3.68. The zero-order valence-electron chi connectivity index (χ0n) is 12.7. The molecular weight excluding hydrogens is 290 g/mol. The number of hydrogen-bond acceptors (Lipinski definition) is 4. The van der Waals surface area contributed by atoms with E-state index < -0.39 is 0 Å². The fourth-order valence-corrected chi connectivity index (χ4v) is 2.48. The van der Waals surface area contributed by atoms with E-state index in [4.69, 9.17) is 10.00 Å². The third-order valence-electron chi connectivity index (χ3n) is 3.71. The van der Waals surface area contributed by atoms with Crippen molar-refractivity contribution < 1.29 is 9.53 Å². The molecule has 1 aliphatic rings. The van der Waals surface area contributed by atoms with Crippen molar-refractivity contribution in [3.05, 3.63) is 59.7 Å². The highest BCUT2D eigenvalue weighted by atomic mass is 16.5. The Kier molecular flexibility index (Phi) is 4.55. The van der Waals surface area contributed by atoms with Crippen molar-refractivity contribution in [2.45, 2.75) is 0 Å². The number of ether oxygens (including phenoxy) is 1. The number of carbonyl (C=O) groups is 1. The SMILES string of the molecule is N#Cc1cccc(Nc2ccc(C(=O)N3CCOCC3)cc2)c1. The first-order chi connectivity index (χ1) is 11.3. The van der Waals surface area contributed by atoms with Gasteiger partial charge in [0.15, 0.2) is 0 Å². The molecule has 2 aromatic carbocycles. The number of amides is 1. The van der Waals surface area contributed by atoms with Crippen LogP contribution >= 0.6 is 0 Å². The van der Waals surface area contributed by atoms with Crippen LogP contribution < -0.4 is 5.32 Å². The van der Waals surface area contributed by atoms with Crippen LogP contribution in [-0.4, -0.2) is 37.1 Å². The van der Waals surface area contributed by atoms with Crippen LogP contribution in [-0.2, 0) is 4.74 Å². The lowest BCUT2D eigenvalue weighted by atomic mass is 10.1. The quantitative estimate of drug-likeness (QED) is 0.947. The van der Waals surface area contributed by atoms with Gasteiger partial charge < -0.3 is 15.0 Å². The lowest BCUT2D eigenvalue weighted by Gasteiger charge is -2.26. The summed E-state index contributed by atoms with van der Waals surface area (Å²) >= 11 is 0. The first kappa shape index (κ1) is 15.1. The van der Waals surface area contributed by atoms with Gasteiger partial charge in [-0.25, -0.2) is 0 Å². The second kappa shape index (κ2) is 6.95. The number of carbonyl (C=O) groups excluding carboxylic acids is 1. The number of benzene rings is 2. The molecule has 0 aromatic heterocycles. The predicted molar refractivity (Wildman–Crippen MR) is 87.6 cm³/mol. The third-order valence-corrected chi connectivity index (χ3v) is 3.71. The van der Waals surface area contributed by atoms with Gasteiger partial charge in [0, 0.05) is 30.0 Å². The molecular formula is C18H17N3O2. The lowest BCUT2D eigenvalue weighted by Crippen LogP contribution is -2.40. The Hall–Kier alpha value is -2.84. The summed E-state index contributed by atoms with van der Waals surface area (Å²) in [5.41, 5.74) is 2.99. The highest BCUT2D eigenvalue weighted by Crippen LogP contribution is 2.19. The monoisotopic (exact) mass is 307 g/mol. The van der Waals surface area contributed by atoms with Crippen molar-refractivity contribution in [1.82, 2.24) is 4.90 Å². The Balaban J connectivity index is 1.69. The van der Waals surface area contributed by atoms with Gasteiger partial charge in [-0.05, 0) is 42.5 Å². The molecule has 0 aliphatic carbocycles. The summed E-state index contributed by atoms with van der Waals surface area (Å²) in [6.45, 7) is 2.47. The molecule has 116 valence electrons. The van der Waals surface area contributed by atoms with E-state index in [-0.39, 0.29) is 5.91 Å². The van der Waals surface area contributed by atoms with Crippen LogP contribution in [0.5, 0.6) is 0 Å². The van der Waals surface area contributed by atoms with Crippen molar-refractivity contribution in [3.63, 3.8) is 0 Å². The molecule has 0 saturated carbocycles. The van der Waals surface area contributed by atoms with Crippen LogP contribution in [0.4, 0.5) is 11.4 Å². The molecule has 1 fully saturated rings. The summed E-state index contributed by atoms with van der Waals surface area (Å²) in [4.78, 5) is 14.2. The number of hydrogen-bond donors (Lipinski definition) is 1. The number of rotatable bonds is 3. The normalized spacial score (nSPS) is 14.1. The highest BCUT2D eigenvalue weighted by Gasteiger charge is 2.18. The smallest absolute Gasteiger partial charge is 0.254 e. The van der Waals surface area contributed by atoms with Crippen LogP contribution in [0.15, 0.2) is 48.5 Å². The topological polar surface area (TPSA) is 65.4 Å². The molecule has 5 heteroatoms. The number of anilines is 2. The molecule has 0 spiro atoms. The lowest BCUT2D eigenvalue weighted by molar-refractivity contribution is 0.0303. The predicted octanol–water partition coefficient (Wildman–Crippen LogP) is 2.77. The summed E-state index contributed by atoms with van der Waals surface area (Å²) in [6, 6.07) is 16.7. The average molecular weight is 307 g/mol. The maximum Gasteiger partial charge on any atom is 0.254 e. The summed E-state index contributed by atoms with van der Waals surface area (Å²) in [7, 11) is 0. The van der Waals surface area contributed by atoms with Gasteiger partial charge in [0.05, 0.1) is 24.8 Å². The molecule has 0 unspecified atom stereocenters. The summed E-state index contributed by atoms with van der Waals surface area (Å²) in [5.74, 6) is 0.0336. The van der Waals surface area contributed by atoms with Crippen molar-refractivity contribution in [2.75, 3.05) is 31.6 Å². The minimum absolute atomic E-state index is 0.0336. The zero-order valence-corrected chi connectivity index (χ0v) is 12.7. The molecule has 0 radical (unpaired) electrons. The maximum atomic E-state index is 12.4. The van der Waals surface area contributed by atoms with Gasteiger partial charge >= 0.3 is 0 Å². The number of morpholine rings is 1. The molecule has 1 aliphatic heterocycles. The van der Waals surface area contributed by atoms with E-state index in [2.05, 4.69) is 11.4 Å². The zero-order chi connectivity index (χ0) is 16.1. The Morgan fingerprint density at radius 1 is 1.09 bits per heavy atom. The Bertz CT molecular complexity index is 729. The number of nitrogens with zero attached hydrogens (tertiary/aromatic N) is 2. The van der Waals surface area contributed by atoms with Gasteiger partial charge in [0.2, 0.25) is 0 Å². The first-order valence-electron chi connectivity index (χ1n) is 7.50. The number of nitriles is 1. The van der Waals surface area contributed by atoms with E-state index in [1.54, 1.807) is 12.1 Å². The second-order valence-corrected chi connectivity index (χ2v) is 5.30. The van der Waals surface area contributed by atoms with E-state index in [9.17, 15) is 4.79 Å². The van der Waals surface area contributed by atoms with Crippen molar-refractivity contribution in [1.29, 1.82) is 5.26 Å². The van der Waals surface area contributed by atoms with Crippen LogP contribution in [0.25, 0.3) is 0 Å². The van der Waals surface area contributed by atoms with E-state index in [0.29, 0.717) is 37.4 Å². The molecule has 0 atom stereocenters. The first-order valence-corrected chi connectivity index (χ1v) is 7.50. The summed E-state index contributed by atoms with van der Waals surface area (Å²) in [5, 5.41) is 12.1. The van der Waals surface area contributed by atoms with E-state index in [0.717, 1.165) is 11.4 Å². The van der Waals surface area contributed by atoms with Gasteiger partial charge in [-0.3, -0.25) is 4.79 Å². The van der Waals surface area contributed by atoms with Crippen LogP contribution in [0.2, 0.25) is 0 Å². The van der Waals surface area contributed by atoms with Crippen LogP contribution in [0.3, 0.4) is 0 Å². The van der Waals surface area contributed by atoms with E-state index in [1.165, 1.54) is 0 Å². The van der Waals surface area contributed by atoms with Crippen molar-refractivity contribution in [3.8, 4) is 6.07 Å². The van der Waals surface area contributed by atoms with Crippen LogP contribution in [0.1, 0.15) is 15.9 Å². The standard InChI is InChI=1S/C18H17N3O2/c19-13-14-2-1-3-17(12-14)20-16-6-4-15(5-7-16)18(22)21-8-10-23-11-9-21/h1-7,12,20H,8-11H2. The Labute approximate surface area is 135 Å². The average Bonchev–Trinajstić information content (AvgIpc) is 2.63. The van der Waals surface area contributed by atoms with Gasteiger partial charge in [-0.2, -0.15) is 5.26 Å². The van der Waals surface area contributed by atoms with Gasteiger partial charge in [0.1, 0.15) is 0 Å². The molecule has 3 rings (SSSR count). The largest absolute Gasteiger partial charge is 0.378 e. The van der Waals surface area contributed by atoms with Crippen LogP contribution in [0, 0.1) is 11.3 Å². The molecule has 0 bridgehead atoms. The molecule has 1 N–H and O–H groups in total. The molecule has 5 nitrogen and oxygen atoms in total. The maximum absolute atomic E-state index is 12.4. The fraction of sp³-hybridized carbons (Fsp3) is 0.222. The minimum atomic E-state index is 0.0336. The van der Waals surface area contributed by atoms with E-state index in [1.807, 2.05) is 41.3 Å². The van der Waals surface area contributed by atoms with Gasteiger partial charge in [-0.1, -0.05) is 6.07 Å². The van der Waals surface area contributed by atoms with Crippen molar-refractivity contribution >= 4 is 17.3 Å². The Morgan fingerprint density at radius 2 is 1.83 bits per heavy atom. The summed E-state index contributed by atoms with van der Waals surface area (Å²) in [6.07, 6.45) is 0. The van der Waals surface area contributed by atoms with Gasteiger partial charge in [-0.15, -0.1) is 0 Å². The molecule has 1 heterocycles. The highest BCUT2D eigenvalue weighted by molar-refractivity contribution is 5.94. The molecule has 2 aromatic rings. The van der Waals surface area contributed by atoms with E-state index >= 15 is 0 Å². The summed E-state index contributed by atoms with van der Waals surface area (Å²) < 4.78 is 5.26. The second-order valence-electron chi connectivity index (χ2n) is 5.30. The Morgan fingerprint density at radius 3 is 2.52 bits per heavy atom. The fourth-order valence-electron chi connectivity index (χ4n) is 2.48. The molecule has 23 heavy (non-hydrogen) atoms. The molecule has 1 saturated heterocycles.